The third-order valence-electron chi connectivity index (χ3n) is 3.01. The molecule has 0 aliphatic carbocycles. The SMILES string of the molecule is COc1ncnc2c1nc(N)n2C(C)c1ccco1. The van der Waals surface area contributed by atoms with Crippen molar-refractivity contribution in [1.29, 1.82) is 0 Å². The van der Waals surface area contributed by atoms with Crippen LogP contribution in [0.25, 0.3) is 11.2 Å². The summed E-state index contributed by atoms with van der Waals surface area (Å²) < 4.78 is 12.4. The molecule has 0 fully saturated rings. The van der Waals surface area contributed by atoms with Crippen LogP contribution in [0.3, 0.4) is 0 Å². The quantitative estimate of drug-likeness (QED) is 0.768. The molecule has 0 spiro atoms. The van der Waals surface area contributed by atoms with Gasteiger partial charge in [-0.25, -0.2) is 9.97 Å². The van der Waals surface area contributed by atoms with Gasteiger partial charge in [0.05, 0.1) is 19.4 Å². The van der Waals surface area contributed by atoms with Gasteiger partial charge < -0.3 is 14.9 Å². The number of nitrogens with zero attached hydrogens (tertiary/aromatic N) is 4. The summed E-state index contributed by atoms with van der Waals surface area (Å²) in [6.07, 6.45) is 3.05. The number of methoxy groups -OCH3 is 1. The molecule has 3 rings (SSSR count). The van der Waals surface area contributed by atoms with Crippen LogP contribution in [0.15, 0.2) is 29.1 Å². The Morgan fingerprint density at radius 2 is 2.26 bits per heavy atom. The van der Waals surface area contributed by atoms with Crippen molar-refractivity contribution in [3.63, 3.8) is 0 Å². The van der Waals surface area contributed by atoms with Gasteiger partial charge >= 0.3 is 0 Å². The molecule has 0 amide bonds. The van der Waals surface area contributed by atoms with Gasteiger partial charge in [0.1, 0.15) is 12.1 Å². The summed E-state index contributed by atoms with van der Waals surface area (Å²) in [6.45, 7) is 1.96. The highest BCUT2D eigenvalue weighted by Gasteiger charge is 2.20. The molecule has 7 heteroatoms. The second-order valence-corrected chi connectivity index (χ2v) is 4.09. The van der Waals surface area contributed by atoms with E-state index in [4.69, 9.17) is 14.9 Å². The van der Waals surface area contributed by atoms with Crippen LogP contribution in [0.1, 0.15) is 18.7 Å². The van der Waals surface area contributed by atoms with Gasteiger partial charge in [-0.05, 0) is 19.1 Å². The van der Waals surface area contributed by atoms with Crippen LogP contribution in [0.5, 0.6) is 5.88 Å². The zero-order valence-electron chi connectivity index (χ0n) is 10.6. The van der Waals surface area contributed by atoms with E-state index < -0.39 is 0 Å². The Hall–Kier alpha value is -2.57. The van der Waals surface area contributed by atoms with Crippen molar-refractivity contribution in [2.24, 2.45) is 0 Å². The molecule has 3 heterocycles. The van der Waals surface area contributed by atoms with E-state index >= 15 is 0 Å². The van der Waals surface area contributed by atoms with Crippen LogP contribution < -0.4 is 10.5 Å². The number of rotatable bonds is 3. The van der Waals surface area contributed by atoms with Gasteiger partial charge in [0.15, 0.2) is 11.2 Å². The van der Waals surface area contributed by atoms with E-state index in [2.05, 4.69) is 15.0 Å². The standard InChI is InChI=1S/C12H13N5O2/c1-7(8-4-3-5-19-8)17-10-9(16-12(17)13)11(18-2)15-6-14-10/h3-7H,1-2H3,(H2,13,16). The fraction of sp³-hybridized carbons (Fsp3) is 0.250. The van der Waals surface area contributed by atoms with Crippen LogP contribution >= 0.6 is 0 Å². The van der Waals surface area contributed by atoms with Crippen molar-refractivity contribution in [3.8, 4) is 5.88 Å². The average molecular weight is 259 g/mol. The maximum Gasteiger partial charge on any atom is 0.245 e. The molecule has 7 nitrogen and oxygen atoms in total. The lowest BCUT2D eigenvalue weighted by Crippen LogP contribution is -2.10. The number of imidazole rings is 1. The molecule has 0 aromatic carbocycles. The zero-order chi connectivity index (χ0) is 13.4. The van der Waals surface area contributed by atoms with Crippen molar-refractivity contribution < 1.29 is 9.15 Å². The largest absolute Gasteiger partial charge is 0.479 e. The lowest BCUT2D eigenvalue weighted by Gasteiger charge is -2.12. The summed E-state index contributed by atoms with van der Waals surface area (Å²) in [5, 5.41) is 0. The minimum absolute atomic E-state index is 0.111. The van der Waals surface area contributed by atoms with Gasteiger partial charge in [-0.3, -0.25) is 4.57 Å². The Labute approximate surface area is 109 Å². The first-order valence-corrected chi connectivity index (χ1v) is 5.78. The molecule has 0 radical (unpaired) electrons. The molecule has 0 bridgehead atoms. The van der Waals surface area contributed by atoms with E-state index in [1.807, 2.05) is 19.1 Å². The highest BCUT2D eigenvalue weighted by Crippen LogP contribution is 2.29. The highest BCUT2D eigenvalue weighted by atomic mass is 16.5. The topological polar surface area (TPSA) is 92.0 Å². The second kappa shape index (κ2) is 4.27. The van der Waals surface area contributed by atoms with E-state index in [0.29, 0.717) is 23.0 Å². The van der Waals surface area contributed by atoms with Crippen LogP contribution in [-0.2, 0) is 0 Å². The van der Waals surface area contributed by atoms with Gasteiger partial charge in [0.25, 0.3) is 0 Å². The maximum atomic E-state index is 5.97. The third kappa shape index (κ3) is 1.70. The summed E-state index contributed by atoms with van der Waals surface area (Å²) in [5.74, 6) is 1.53. The highest BCUT2D eigenvalue weighted by molar-refractivity contribution is 5.79. The molecule has 3 aromatic heterocycles. The van der Waals surface area contributed by atoms with Gasteiger partial charge in [0.2, 0.25) is 11.8 Å². The number of hydrogen-bond donors (Lipinski definition) is 1. The molecular weight excluding hydrogens is 246 g/mol. The average Bonchev–Trinajstić information content (AvgIpc) is 3.04. The van der Waals surface area contributed by atoms with Crippen molar-refractivity contribution in [3.05, 3.63) is 30.5 Å². The minimum atomic E-state index is -0.111. The number of anilines is 1. The number of aromatic nitrogens is 4. The fourth-order valence-corrected chi connectivity index (χ4v) is 2.09. The van der Waals surface area contributed by atoms with Crippen molar-refractivity contribution >= 4 is 17.1 Å². The Morgan fingerprint density at radius 1 is 1.42 bits per heavy atom. The first-order valence-electron chi connectivity index (χ1n) is 5.78. The van der Waals surface area contributed by atoms with Gasteiger partial charge in [-0.1, -0.05) is 0 Å². The lowest BCUT2D eigenvalue weighted by atomic mass is 10.2. The number of nitrogens with two attached hydrogens (primary N) is 1. The molecule has 0 saturated heterocycles. The summed E-state index contributed by atoms with van der Waals surface area (Å²) in [7, 11) is 1.53. The normalized spacial score (nSPS) is 12.7. The molecular formula is C12H13N5O2. The summed E-state index contributed by atoms with van der Waals surface area (Å²) in [4.78, 5) is 12.5. The first-order chi connectivity index (χ1) is 9.22. The fourth-order valence-electron chi connectivity index (χ4n) is 2.09. The Balaban J connectivity index is 2.21. The molecule has 98 valence electrons. The van der Waals surface area contributed by atoms with E-state index in [-0.39, 0.29) is 6.04 Å². The summed E-state index contributed by atoms with van der Waals surface area (Å²) in [5.41, 5.74) is 7.13. The molecule has 3 aromatic rings. The van der Waals surface area contributed by atoms with Crippen molar-refractivity contribution in [2.45, 2.75) is 13.0 Å². The summed E-state index contributed by atoms with van der Waals surface area (Å²) >= 11 is 0. The molecule has 0 saturated carbocycles. The van der Waals surface area contributed by atoms with Crippen molar-refractivity contribution in [2.75, 3.05) is 12.8 Å². The number of furan rings is 1. The Bertz CT molecular complexity index is 704. The number of hydrogen-bond acceptors (Lipinski definition) is 6. The van der Waals surface area contributed by atoms with Gasteiger partial charge in [-0.15, -0.1) is 0 Å². The predicted octanol–water partition coefficient (Wildman–Crippen LogP) is 1.62. The first kappa shape index (κ1) is 11.5. The van der Waals surface area contributed by atoms with E-state index in [1.165, 1.54) is 13.4 Å². The van der Waals surface area contributed by atoms with Crippen LogP contribution in [0, 0.1) is 0 Å². The van der Waals surface area contributed by atoms with E-state index in [1.54, 1.807) is 10.8 Å². The van der Waals surface area contributed by atoms with Crippen molar-refractivity contribution in [1.82, 2.24) is 19.5 Å². The van der Waals surface area contributed by atoms with Gasteiger partial charge in [-0.2, -0.15) is 4.98 Å². The third-order valence-corrected chi connectivity index (χ3v) is 3.01. The van der Waals surface area contributed by atoms with E-state index in [0.717, 1.165) is 5.76 Å². The number of fused-ring (bicyclic) bond motifs is 1. The summed E-state index contributed by atoms with van der Waals surface area (Å²) in [6, 6.07) is 3.60. The zero-order valence-corrected chi connectivity index (χ0v) is 10.6. The molecule has 19 heavy (non-hydrogen) atoms. The molecule has 2 N–H and O–H groups in total. The minimum Gasteiger partial charge on any atom is -0.479 e. The lowest BCUT2D eigenvalue weighted by molar-refractivity contribution is 0.401. The maximum absolute atomic E-state index is 5.97. The smallest absolute Gasteiger partial charge is 0.245 e. The molecule has 1 atom stereocenters. The van der Waals surface area contributed by atoms with Crippen LogP contribution in [0.2, 0.25) is 0 Å². The number of ether oxygens (including phenoxy) is 1. The van der Waals surface area contributed by atoms with Crippen LogP contribution in [0.4, 0.5) is 5.95 Å². The van der Waals surface area contributed by atoms with E-state index in [9.17, 15) is 0 Å². The Morgan fingerprint density at radius 3 is 2.95 bits per heavy atom. The van der Waals surface area contributed by atoms with Crippen LogP contribution in [-0.4, -0.2) is 26.6 Å². The predicted molar refractivity (Wildman–Crippen MR) is 68.8 cm³/mol. The molecule has 0 aliphatic heterocycles. The Kier molecular flexibility index (Phi) is 2.59. The monoisotopic (exact) mass is 259 g/mol. The number of nitrogen functional groups attached to an aromatic ring is 1. The molecule has 1 unspecified atom stereocenters. The van der Waals surface area contributed by atoms with Gasteiger partial charge in [0, 0.05) is 0 Å². The second-order valence-electron chi connectivity index (χ2n) is 4.09. The molecule has 0 aliphatic rings.